The lowest BCUT2D eigenvalue weighted by molar-refractivity contribution is 0.365. The number of nitrogens with zero attached hydrogens (tertiary/aromatic N) is 3. The maximum absolute atomic E-state index is 11.9. The first-order valence-electron chi connectivity index (χ1n) is 6.53. The van der Waals surface area contributed by atoms with Crippen molar-refractivity contribution in [1.82, 2.24) is 14.5 Å². The van der Waals surface area contributed by atoms with Gasteiger partial charge in [0, 0.05) is 18.5 Å². The molecule has 1 aliphatic rings. The minimum atomic E-state index is -2.98. The summed E-state index contributed by atoms with van der Waals surface area (Å²) in [4.78, 5) is 8.64. The van der Waals surface area contributed by atoms with Gasteiger partial charge in [-0.05, 0) is 19.4 Å². The third kappa shape index (κ3) is 2.20. The highest BCUT2D eigenvalue weighted by Crippen LogP contribution is 2.35. The molecule has 20 heavy (non-hydrogen) atoms. The molecule has 1 fully saturated rings. The van der Waals surface area contributed by atoms with Crippen LogP contribution in [0.2, 0.25) is 0 Å². The van der Waals surface area contributed by atoms with E-state index >= 15 is 0 Å². The number of aryl methyl sites for hydroxylation is 1. The number of imidazole rings is 1. The van der Waals surface area contributed by atoms with E-state index in [0.717, 1.165) is 16.9 Å². The van der Waals surface area contributed by atoms with E-state index in [-0.39, 0.29) is 11.5 Å². The molecular formula is C13H16ClN3O2S. The van der Waals surface area contributed by atoms with Crippen LogP contribution in [-0.2, 0) is 21.8 Å². The van der Waals surface area contributed by atoms with Crippen molar-refractivity contribution in [2.24, 2.45) is 0 Å². The van der Waals surface area contributed by atoms with E-state index in [1.54, 1.807) is 12.4 Å². The van der Waals surface area contributed by atoms with E-state index in [0.29, 0.717) is 18.7 Å². The molecule has 0 amide bonds. The van der Waals surface area contributed by atoms with E-state index in [1.165, 1.54) is 0 Å². The molecule has 0 aliphatic carbocycles. The number of sulfone groups is 1. The van der Waals surface area contributed by atoms with Crippen LogP contribution >= 0.6 is 11.6 Å². The van der Waals surface area contributed by atoms with Crippen LogP contribution in [0.3, 0.4) is 0 Å². The third-order valence-electron chi connectivity index (χ3n) is 3.87. The second kappa shape index (κ2) is 4.70. The lowest BCUT2D eigenvalue weighted by atomic mass is 10.0. The molecule has 1 saturated heterocycles. The summed E-state index contributed by atoms with van der Waals surface area (Å²) >= 11 is 5.86. The predicted octanol–water partition coefficient (Wildman–Crippen LogP) is 1.75. The van der Waals surface area contributed by atoms with Gasteiger partial charge in [-0.3, -0.25) is 4.98 Å². The fraction of sp³-hybridized carbons (Fsp3) is 0.538. The van der Waals surface area contributed by atoms with Crippen LogP contribution in [0.1, 0.15) is 19.2 Å². The van der Waals surface area contributed by atoms with Gasteiger partial charge >= 0.3 is 0 Å². The molecule has 2 aromatic heterocycles. The Hall–Kier alpha value is -1.14. The Balaban J connectivity index is 2.21. The summed E-state index contributed by atoms with van der Waals surface area (Å²) < 4.78 is 25.8. The van der Waals surface area contributed by atoms with Crippen LogP contribution in [0.4, 0.5) is 0 Å². The predicted molar refractivity (Wildman–Crippen MR) is 78.9 cm³/mol. The molecule has 0 radical (unpaired) electrons. The number of hydrogen-bond acceptors (Lipinski definition) is 4. The average molecular weight is 314 g/mol. The van der Waals surface area contributed by atoms with Crippen molar-refractivity contribution in [3.05, 3.63) is 24.3 Å². The van der Waals surface area contributed by atoms with Crippen molar-refractivity contribution in [3.63, 3.8) is 0 Å². The van der Waals surface area contributed by atoms with Gasteiger partial charge in [0.25, 0.3) is 0 Å². The molecule has 0 aromatic carbocycles. The number of fused-ring (bicyclic) bond motifs is 1. The molecule has 0 saturated carbocycles. The number of aromatic nitrogens is 3. The zero-order valence-electron chi connectivity index (χ0n) is 11.2. The molecule has 2 aromatic rings. The highest BCUT2D eigenvalue weighted by molar-refractivity contribution is 7.91. The summed E-state index contributed by atoms with van der Waals surface area (Å²) in [5.41, 5.74) is 1.27. The molecule has 1 atom stereocenters. The summed E-state index contributed by atoms with van der Waals surface area (Å²) in [7, 11) is -2.98. The Morgan fingerprint density at radius 2 is 2.30 bits per heavy atom. The standard InChI is InChI=1S/C13H16ClN3O2S/c1-13(4-7-20(18,19)9-13)17-11-3-6-15-8-10(11)16-12(17)2-5-14/h3,6,8H,2,4-5,7,9H2,1H3. The summed E-state index contributed by atoms with van der Waals surface area (Å²) in [6.45, 7) is 1.98. The lowest BCUT2D eigenvalue weighted by Gasteiger charge is -2.27. The molecule has 108 valence electrons. The van der Waals surface area contributed by atoms with Gasteiger partial charge in [0.05, 0.1) is 28.8 Å². The number of pyridine rings is 1. The Morgan fingerprint density at radius 3 is 2.95 bits per heavy atom. The molecule has 3 heterocycles. The second-order valence-electron chi connectivity index (χ2n) is 5.51. The SMILES string of the molecule is CC1(n2c(CCCl)nc3cnccc32)CCS(=O)(=O)C1. The van der Waals surface area contributed by atoms with Crippen LogP contribution in [0.15, 0.2) is 18.5 Å². The van der Waals surface area contributed by atoms with Crippen molar-refractivity contribution in [3.8, 4) is 0 Å². The number of rotatable bonds is 3. The summed E-state index contributed by atoms with van der Waals surface area (Å²) in [5.74, 6) is 1.68. The lowest BCUT2D eigenvalue weighted by Crippen LogP contribution is -2.33. The third-order valence-corrected chi connectivity index (χ3v) is 5.94. The molecule has 7 heteroatoms. The molecule has 0 bridgehead atoms. The van der Waals surface area contributed by atoms with Crippen LogP contribution < -0.4 is 0 Å². The van der Waals surface area contributed by atoms with Crippen molar-refractivity contribution < 1.29 is 8.42 Å². The Kier molecular flexibility index (Phi) is 3.25. The minimum Gasteiger partial charge on any atom is -0.321 e. The van der Waals surface area contributed by atoms with Crippen molar-refractivity contribution in [2.45, 2.75) is 25.3 Å². The molecule has 0 N–H and O–H groups in total. The van der Waals surface area contributed by atoms with Crippen molar-refractivity contribution in [2.75, 3.05) is 17.4 Å². The summed E-state index contributed by atoms with van der Waals surface area (Å²) in [5, 5.41) is 0. The van der Waals surface area contributed by atoms with Crippen LogP contribution in [0, 0.1) is 0 Å². The maximum Gasteiger partial charge on any atom is 0.152 e. The average Bonchev–Trinajstić information content (AvgIpc) is 2.88. The number of hydrogen-bond donors (Lipinski definition) is 0. The fourth-order valence-electron chi connectivity index (χ4n) is 3.01. The largest absolute Gasteiger partial charge is 0.321 e. The van der Waals surface area contributed by atoms with E-state index in [1.807, 2.05) is 13.0 Å². The second-order valence-corrected chi connectivity index (χ2v) is 8.07. The maximum atomic E-state index is 11.9. The van der Waals surface area contributed by atoms with Gasteiger partial charge in [-0.1, -0.05) is 0 Å². The molecule has 3 rings (SSSR count). The quantitative estimate of drug-likeness (QED) is 0.810. The first-order valence-corrected chi connectivity index (χ1v) is 8.89. The molecule has 1 unspecified atom stereocenters. The van der Waals surface area contributed by atoms with Gasteiger partial charge in [0.2, 0.25) is 0 Å². The normalized spacial score (nSPS) is 25.3. The molecule has 1 aliphatic heterocycles. The van der Waals surface area contributed by atoms with Gasteiger partial charge in [-0.15, -0.1) is 11.6 Å². The molecule has 0 spiro atoms. The van der Waals surface area contributed by atoms with Crippen LogP contribution in [0.25, 0.3) is 11.0 Å². The zero-order valence-corrected chi connectivity index (χ0v) is 12.8. The molecular weight excluding hydrogens is 298 g/mol. The Morgan fingerprint density at radius 1 is 1.50 bits per heavy atom. The number of halogens is 1. The Bertz CT molecular complexity index is 756. The Labute approximate surface area is 122 Å². The van der Waals surface area contributed by atoms with Gasteiger partial charge in [-0.25, -0.2) is 13.4 Å². The monoisotopic (exact) mass is 313 g/mol. The first kappa shape index (κ1) is 13.8. The van der Waals surface area contributed by atoms with E-state index < -0.39 is 15.4 Å². The first-order chi connectivity index (χ1) is 9.45. The van der Waals surface area contributed by atoms with Crippen molar-refractivity contribution >= 4 is 32.5 Å². The highest BCUT2D eigenvalue weighted by Gasteiger charge is 2.41. The summed E-state index contributed by atoms with van der Waals surface area (Å²) in [6.07, 6.45) is 4.64. The highest BCUT2D eigenvalue weighted by atomic mass is 35.5. The fourth-order valence-corrected chi connectivity index (χ4v) is 5.29. The van der Waals surface area contributed by atoms with Crippen molar-refractivity contribution in [1.29, 1.82) is 0 Å². The van der Waals surface area contributed by atoms with E-state index in [9.17, 15) is 8.42 Å². The number of alkyl halides is 1. The van der Waals surface area contributed by atoms with E-state index in [2.05, 4.69) is 14.5 Å². The van der Waals surface area contributed by atoms with Crippen LogP contribution in [-0.4, -0.2) is 40.3 Å². The summed E-state index contributed by atoms with van der Waals surface area (Å²) in [6, 6.07) is 1.89. The van der Waals surface area contributed by atoms with Gasteiger partial charge < -0.3 is 4.57 Å². The molecule has 5 nitrogen and oxygen atoms in total. The van der Waals surface area contributed by atoms with Gasteiger partial charge in [0.15, 0.2) is 9.84 Å². The minimum absolute atomic E-state index is 0.156. The smallest absolute Gasteiger partial charge is 0.152 e. The van der Waals surface area contributed by atoms with Crippen LogP contribution in [0.5, 0.6) is 0 Å². The van der Waals surface area contributed by atoms with Gasteiger partial charge in [-0.2, -0.15) is 0 Å². The van der Waals surface area contributed by atoms with E-state index in [4.69, 9.17) is 11.6 Å². The zero-order chi connectivity index (χ0) is 14.4. The topological polar surface area (TPSA) is 64.8 Å². The van der Waals surface area contributed by atoms with Gasteiger partial charge in [0.1, 0.15) is 11.3 Å².